The van der Waals surface area contributed by atoms with Gasteiger partial charge in [0.15, 0.2) is 0 Å². The highest BCUT2D eigenvalue weighted by Crippen LogP contribution is 2.43. The Labute approximate surface area is 254 Å². The minimum absolute atomic E-state index is 0.0683. The van der Waals surface area contributed by atoms with E-state index >= 15 is 4.39 Å². The highest BCUT2D eigenvalue weighted by molar-refractivity contribution is 7.90. The van der Waals surface area contributed by atoms with Crippen LogP contribution in [0.2, 0.25) is 0 Å². The first-order valence-corrected chi connectivity index (χ1v) is 17.2. The van der Waals surface area contributed by atoms with Gasteiger partial charge in [-0.15, -0.1) is 0 Å². The zero-order valence-electron chi connectivity index (χ0n) is 25.4. The average molecular weight is 614 g/mol. The third-order valence-electron chi connectivity index (χ3n) is 9.27. The summed E-state index contributed by atoms with van der Waals surface area (Å²) < 4.78 is 48.2. The van der Waals surface area contributed by atoms with E-state index in [9.17, 15) is 18.0 Å². The van der Waals surface area contributed by atoms with Crippen LogP contribution in [0.3, 0.4) is 0 Å². The van der Waals surface area contributed by atoms with E-state index in [0.717, 1.165) is 48.8 Å². The summed E-state index contributed by atoms with van der Waals surface area (Å²) in [6, 6.07) is 13.4. The van der Waals surface area contributed by atoms with Gasteiger partial charge in [-0.25, -0.2) is 12.8 Å². The molecule has 10 heteroatoms. The van der Waals surface area contributed by atoms with Crippen molar-refractivity contribution in [2.24, 2.45) is 0 Å². The van der Waals surface area contributed by atoms with Crippen molar-refractivity contribution in [1.29, 1.82) is 0 Å². The zero-order chi connectivity index (χ0) is 30.8. The van der Waals surface area contributed by atoms with Crippen LogP contribution in [0, 0.1) is 0 Å². The number of nitrogens with one attached hydrogen (secondary N) is 3. The van der Waals surface area contributed by atoms with E-state index in [1.807, 2.05) is 30.3 Å². The molecule has 234 valence electrons. The molecule has 3 fully saturated rings. The Morgan fingerprint density at radius 2 is 1.84 bits per heavy atom. The summed E-state index contributed by atoms with van der Waals surface area (Å²) in [6.07, 6.45) is 5.98. The van der Waals surface area contributed by atoms with Gasteiger partial charge < -0.3 is 15.4 Å². The summed E-state index contributed by atoms with van der Waals surface area (Å²) in [4.78, 5) is 25.6. The van der Waals surface area contributed by atoms with E-state index < -0.39 is 27.5 Å². The van der Waals surface area contributed by atoms with Crippen LogP contribution < -0.4 is 20.1 Å². The van der Waals surface area contributed by atoms with Crippen molar-refractivity contribution in [3.63, 3.8) is 0 Å². The van der Waals surface area contributed by atoms with E-state index in [4.69, 9.17) is 4.74 Å². The maximum atomic E-state index is 15.7. The number of carbonyl (C=O) groups excluding carboxylic acids is 2. The number of sulfonamides is 1. The molecule has 5 rings (SSSR count). The normalized spacial score (nSPS) is 24.9. The van der Waals surface area contributed by atoms with Crippen LogP contribution in [0.5, 0.6) is 5.75 Å². The number of halogens is 1. The molecule has 1 saturated heterocycles. The Kier molecular flexibility index (Phi) is 9.18. The monoisotopic (exact) mass is 613 g/mol. The lowest BCUT2D eigenvalue weighted by molar-refractivity contribution is -0.132. The van der Waals surface area contributed by atoms with Crippen LogP contribution in [-0.2, 0) is 26.0 Å². The van der Waals surface area contributed by atoms with Crippen LogP contribution in [0.4, 0.5) is 4.39 Å². The van der Waals surface area contributed by atoms with Gasteiger partial charge in [-0.1, -0.05) is 57.0 Å². The second kappa shape index (κ2) is 12.6. The van der Waals surface area contributed by atoms with Gasteiger partial charge in [0.05, 0.1) is 12.2 Å². The predicted octanol–water partition coefficient (Wildman–Crippen LogP) is 4.92. The third kappa shape index (κ3) is 7.23. The van der Waals surface area contributed by atoms with Crippen molar-refractivity contribution in [3.05, 3.63) is 53.6 Å². The number of hydrogen-bond acceptors (Lipinski definition) is 6. The molecule has 2 aliphatic carbocycles. The molecule has 3 aliphatic rings. The lowest BCUT2D eigenvalue weighted by Crippen LogP contribution is -2.48. The number of rotatable bonds is 10. The van der Waals surface area contributed by atoms with Crippen LogP contribution in [-0.4, -0.2) is 55.9 Å². The molecule has 3 atom stereocenters. The largest absolute Gasteiger partial charge is 0.490 e. The predicted molar refractivity (Wildman–Crippen MR) is 165 cm³/mol. The molecule has 8 nitrogen and oxygen atoms in total. The van der Waals surface area contributed by atoms with Crippen molar-refractivity contribution in [3.8, 4) is 16.9 Å². The lowest BCUT2D eigenvalue weighted by Gasteiger charge is -2.25. The summed E-state index contributed by atoms with van der Waals surface area (Å²) in [6.45, 7) is 5.78. The minimum atomic E-state index is -3.65. The molecule has 3 N–H and O–H groups in total. The van der Waals surface area contributed by atoms with Crippen LogP contribution in [0.1, 0.15) is 89.2 Å². The van der Waals surface area contributed by atoms with Crippen LogP contribution in [0.25, 0.3) is 11.1 Å². The number of alkyl halides is 1. The molecule has 1 aliphatic heterocycles. The Hall–Kier alpha value is -2.98. The van der Waals surface area contributed by atoms with Crippen molar-refractivity contribution in [2.75, 3.05) is 12.3 Å². The second-order valence-corrected chi connectivity index (χ2v) is 14.9. The Morgan fingerprint density at radius 3 is 2.56 bits per heavy atom. The molecule has 43 heavy (non-hydrogen) atoms. The molecular formula is C33H44FN3O5S. The molecular weight excluding hydrogens is 569 g/mol. The highest BCUT2D eigenvalue weighted by Gasteiger charge is 2.54. The maximum Gasteiger partial charge on any atom is 0.259 e. The fraction of sp³-hybridized carbons (Fsp3) is 0.576. The van der Waals surface area contributed by atoms with Gasteiger partial charge in [0.25, 0.3) is 5.91 Å². The summed E-state index contributed by atoms with van der Waals surface area (Å²) in [5.74, 6) is -0.395. The maximum absolute atomic E-state index is 15.7. The summed E-state index contributed by atoms with van der Waals surface area (Å²) in [7, 11) is -3.65. The molecule has 1 heterocycles. The fourth-order valence-corrected chi connectivity index (χ4v) is 7.50. The first-order chi connectivity index (χ1) is 20.4. The summed E-state index contributed by atoms with van der Waals surface area (Å²) in [5, 5.41) is 6.30. The number of carbonyl (C=O) groups is 2. The van der Waals surface area contributed by atoms with E-state index in [-0.39, 0.29) is 48.7 Å². The van der Waals surface area contributed by atoms with Gasteiger partial charge in [0.1, 0.15) is 11.9 Å². The Balaban J connectivity index is 1.30. The fourth-order valence-electron chi connectivity index (χ4n) is 6.94. The SMILES string of the molecule is CCS(=O)(=O)NC(=O)Cc1ccc(O[C@@H]2CC[C@@H](NC(=O)[C@]3(F)CNC4(CCCC4)C3)C2)c(-c2ccccc2C(C)C)c1. The van der Waals surface area contributed by atoms with Gasteiger partial charge in [-0.2, -0.15) is 0 Å². The number of amides is 2. The Morgan fingerprint density at radius 1 is 1.09 bits per heavy atom. The Bertz CT molecular complexity index is 1460. The van der Waals surface area contributed by atoms with Gasteiger partial charge in [0, 0.05) is 36.5 Å². The van der Waals surface area contributed by atoms with Crippen molar-refractivity contribution in [1.82, 2.24) is 15.4 Å². The molecule has 0 aromatic heterocycles. The molecule has 2 saturated carbocycles. The van der Waals surface area contributed by atoms with Gasteiger partial charge in [-0.3, -0.25) is 14.3 Å². The van der Waals surface area contributed by atoms with Crippen LogP contribution in [0.15, 0.2) is 42.5 Å². The van der Waals surface area contributed by atoms with Gasteiger partial charge in [-0.05, 0) is 67.3 Å². The van der Waals surface area contributed by atoms with Crippen molar-refractivity contribution >= 4 is 21.8 Å². The van der Waals surface area contributed by atoms with Gasteiger partial charge in [0.2, 0.25) is 21.6 Å². The average Bonchev–Trinajstić information content (AvgIpc) is 3.70. The first kappa shape index (κ1) is 31.4. The second-order valence-electron chi connectivity index (χ2n) is 12.9. The number of ether oxygens (including phenoxy) is 1. The van der Waals surface area contributed by atoms with Crippen molar-refractivity contribution in [2.45, 2.75) is 108 Å². The summed E-state index contributed by atoms with van der Waals surface area (Å²) >= 11 is 0. The quantitative estimate of drug-likeness (QED) is 0.351. The number of benzene rings is 2. The molecule has 2 amide bonds. The first-order valence-electron chi connectivity index (χ1n) is 15.6. The lowest BCUT2D eigenvalue weighted by atomic mass is 9.89. The smallest absolute Gasteiger partial charge is 0.259 e. The minimum Gasteiger partial charge on any atom is -0.490 e. The van der Waals surface area contributed by atoms with E-state index in [2.05, 4.69) is 35.3 Å². The van der Waals surface area contributed by atoms with E-state index in [0.29, 0.717) is 24.2 Å². The summed E-state index contributed by atoms with van der Waals surface area (Å²) in [5.41, 5.74) is 1.48. The van der Waals surface area contributed by atoms with Crippen molar-refractivity contribution < 1.29 is 27.1 Å². The highest BCUT2D eigenvalue weighted by atomic mass is 32.2. The molecule has 2 aromatic carbocycles. The molecule has 0 bridgehead atoms. The molecule has 0 unspecified atom stereocenters. The van der Waals surface area contributed by atoms with E-state index in [1.165, 1.54) is 6.92 Å². The zero-order valence-corrected chi connectivity index (χ0v) is 26.2. The van der Waals surface area contributed by atoms with Gasteiger partial charge >= 0.3 is 0 Å². The topological polar surface area (TPSA) is 114 Å². The van der Waals surface area contributed by atoms with Crippen LogP contribution >= 0.6 is 0 Å². The molecule has 0 radical (unpaired) electrons. The third-order valence-corrected chi connectivity index (χ3v) is 10.6. The standard InChI is InChI=1S/C33H44FN3O5S/c1-4-43(40,41)37-30(38)18-23-11-14-29(28(17-23)27-10-6-5-9-26(27)22(2)3)42-25-13-12-24(19-25)36-31(39)33(34)20-32(35-21-33)15-7-8-16-32/h5-6,9-11,14,17,22,24-25,35H,4,7-8,12-13,15-16,18-21H2,1-3H3,(H,36,39)(H,37,38)/t24-,25-,33-/m1/s1. The molecule has 2 aromatic rings. The molecule has 1 spiro atoms. The van der Waals surface area contributed by atoms with E-state index in [1.54, 1.807) is 6.07 Å². The number of hydrogen-bond donors (Lipinski definition) is 3.